The van der Waals surface area contributed by atoms with Gasteiger partial charge in [-0.3, -0.25) is 0 Å². The highest BCUT2D eigenvalue weighted by atomic mass is 16.5. The zero-order chi connectivity index (χ0) is 12.8. The Labute approximate surface area is 110 Å². The van der Waals surface area contributed by atoms with Crippen LogP contribution in [0.5, 0.6) is 5.88 Å². The van der Waals surface area contributed by atoms with Gasteiger partial charge < -0.3 is 9.72 Å². The Morgan fingerprint density at radius 3 is 2.84 bits per heavy atom. The number of hydrogen-bond donors (Lipinski definition) is 1. The number of methoxy groups -OCH3 is 1. The third kappa shape index (κ3) is 1.40. The van der Waals surface area contributed by atoms with E-state index in [4.69, 9.17) is 4.74 Å². The fraction of sp³-hybridized carbons (Fsp3) is 0.200. The Bertz CT molecular complexity index is 776. The Morgan fingerprint density at radius 1 is 1.11 bits per heavy atom. The number of ether oxygens (including phenoxy) is 1. The molecule has 0 radical (unpaired) electrons. The van der Waals surface area contributed by atoms with Crippen molar-refractivity contribution in [2.24, 2.45) is 0 Å². The van der Waals surface area contributed by atoms with Gasteiger partial charge in [0.15, 0.2) is 0 Å². The van der Waals surface area contributed by atoms with Gasteiger partial charge in [-0.15, -0.1) is 0 Å². The Kier molecular flexibility index (Phi) is 2.12. The quantitative estimate of drug-likeness (QED) is 0.723. The smallest absolute Gasteiger partial charge is 0.220 e. The van der Waals surface area contributed by atoms with Crippen molar-refractivity contribution >= 4 is 10.9 Å². The third-order valence-corrected chi connectivity index (χ3v) is 3.77. The van der Waals surface area contributed by atoms with Crippen LogP contribution >= 0.6 is 0 Å². The van der Waals surface area contributed by atoms with E-state index in [2.05, 4.69) is 33.2 Å². The number of nitrogens with one attached hydrogen (secondary N) is 1. The van der Waals surface area contributed by atoms with Crippen LogP contribution in [0, 0.1) is 0 Å². The standard InChI is InChI=1S/C15H13N3O/c1-19-15-11-7-6-10-9-4-2-3-5-12(9)18-14(10)13(11)16-8-17-15/h2-5,8,18H,6-7H2,1H3. The summed E-state index contributed by atoms with van der Waals surface area (Å²) in [5, 5.41) is 1.29. The van der Waals surface area contributed by atoms with E-state index in [9.17, 15) is 0 Å². The van der Waals surface area contributed by atoms with Crippen LogP contribution in [-0.4, -0.2) is 22.1 Å². The van der Waals surface area contributed by atoms with Gasteiger partial charge in [0, 0.05) is 16.5 Å². The van der Waals surface area contributed by atoms with Gasteiger partial charge >= 0.3 is 0 Å². The maximum atomic E-state index is 5.34. The molecule has 0 bridgehead atoms. The van der Waals surface area contributed by atoms with Crippen molar-refractivity contribution in [3.63, 3.8) is 0 Å². The molecule has 4 rings (SSSR count). The predicted molar refractivity (Wildman–Crippen MR) is 73.3 cm³/mol. The van der Waals surface area contributed by atoms with Crippen molar-refractivity contribution in [3.8, 4) is 17.3 Å². The second-order valence-corrected chi connectivity index (χ2v) is 4.73. The van der Waals surface area contributed by atoms with Crippen LogP contribution in [0.25, 0.3) is 22.3 Å². The lowest BCUT2D eigenvalue weighted by molar-refractivity contribution is 0.391. The van der Waals surface area contributed by atoms with Crippen LogP contribution in [-0.2, 0) is 12.8 Å². The molecule has 0 unspecified atom stereocenters. The number of para-hydroxylation sites is 1. The van der Waals surface area contributed by atoms with Gasteiger partial charge in [0.1, 0.15) is 6.33 Å². The molecule has 1 aliphatic rings. The number of aromatic nitrogens is 3. The van der Waals surface area contributed by atoms with Gasteiger partial charge in [-0.1, -0.05) is 18.2 Å². The summed E-state index contributed by atoms with van der Waals surface area (Å²) in [4.78, 5) is 12.1. The van der Waals surface area contributed by atoms with Crippen LogP contribution in [0.3, 0.4) is 0 Å². The highest BCUT2D eigenvalue weighted by Gasteiger charge is 2.24. The topological polar surface area (TPSA) is 50.8 Å². The monoisotopic (exact) mass is 251 g/mol. The molecular formula is C15H13N3O. The summed E-state index contributed by atoms with van der Waals surface area (Å²) in [6, 6.07) is 8.39. The molecule has 0 fully saturated rings. The van der Waals surface area contributed by atoms with E-state index in [0.29, 0.717) is 5.88 Å². The van der Waals surface area contributed by atoms with E-state index in [1.54, 1.807) is 13.4 Å². The molecule has 94 valence electrons. The molecule has 0 amide bonds. The summed E-state index contributed by atoms with van der Waals surface area (Å²) in [6.45, 7) is 0. The molecule has 0 aliphatic heterocycles. The van der Waals surface area contributed by atoms with Crippen molar-refractivity contribution in [2.75, 3.05) is 7.11 Å². The molecular weight excluding hydrogens is 238 g/mol. The number of aromatic amines is 1. The van der Waals surface area contributed by atoms with Gasteiger partial charge in [-0.25, -0.2) is 9.97 Å². The zero-order valence-electron chi connectivity index (χ0n) is 10.6. The lowest BCUT2D eigenvalue weighted by Crippen LogP contribution is -2.08. The minimum absolute atomic E-state index is 0.689. The molecule has 4 heteroatoms. The highest BCUT2D eigenvalue weighted by molar-refractivity contribution is 5.91. The fourth-order valence-corrected chi connectivity index (χ4v) is 2.92. The number of nitrogens with zero attached hydrogens (tertiary/aromatic N) is 2. The number of rotatable bonds is 1. The first-order valence-corrected chi connectivity index (χ1v) is 6.36. The molecule has 1 aromatic carbocycles. The van der Waals surface area contributed by atoms with Gasteiger partial charge in [-0.05, 0) is 24.5 Å². The van der Waals surface area contributed by atoms with E-state index >= 15 is 0 Å². The minimum atomic E-state index is 0.689. The van der Waals surface area contributed by atoms with Crippen molar-refractivity contribution in [3.05, 3.63) is 41.7 Å². The molecule has 3 aromatic rings. The predicted octanol–water partition coefficient (Wildman–Crippen LogP) is 2.73. The number of hydrogen-bond acceptors (Lipinski definition) is 3. The molecule has 0 saturated carbocycles. The Morgan fingerprint density at radius 2 is 1.95 bits per heavy atom. The third-order valence-electron chi connectivity index (χ3n) is 3.77. The summed E-state index contributed by atoms with van der Waals surface area (Å²) < 4.78 is 5.34. The largest absolute Gasteiger partial charge is 0.481 e. The summed E-state index contributed by atoms with van der Waals surface area (Å²) in [5.74, 6) is 0.689. The molecule has 0 saturated heterocycles. The molecule has 2 heterocycles. The molecule has 19 heavy (non-hydrogen) atoms. The molecule has 4 nitrogen and oxygen atoms in total. The zero-order valence-corrected chi connectivity index (χ0v) is 10.6. The molecule has 1 N–H and O–H groups in total. The van der Waals surface area contributed by atoms with E-state index < -0.39 is 0 Å². The molecule has 2 aromatic heterocycles. The van der Waals surface area contributed by atoms with Gasteiger partial charge in [0.05, 0.1) is 18.5 Å². The van der Waals surface area contributed by atoms with Crippen LogP contribution in [0.2, 0.25) is 0 Å². The van der Waals surface area contributed by atoms with E-state index in [-0.39, 0.29) is 0 Å². The normalized spacial score (nSPS) is 13.1. The first kappa shape index (κ1) is 10.6. The van der Waals surface area contributed by atoms with Crippen molar-refractivity contribution < 1.29 is 4.74 Å². The lowest BCUT2D eigenvalue weighted by atomic mass is 9.93. The summed E-state index contributed by atoms with van der Waals surface area (Å²) >= 11 is 0. The Balaban J connectivity index is 2.04. The second kappa shape index (κ2) is 3.82. The average Bonchev–Trinajstić information content (AvgIpc) is 2.85. The maximum absolute atomic E-state index is 5.34. The number of H-pyrrole nitrogens is 1. The Hall–Kier alpha value is -2.36. The molecule has 0 atom stereocenters. The van der Waals surface area contributed by atoms with E-state index in [1.165, 1.54) is 10.9 Å². The molecule has 0 spiro atoms. The first-order chi connectivity index (χ1) is 9.38. The first-order valence-electron chi connectivity index (χ1n) is 6.36. The maximum Gasteiger partial charge on any atom is 0.220 e. The van der Waals surface area contributed by atoms with Crippen LogP contribution in [0.4, 0.5) is 0 Å². The van der Waals surface area contributed by atoms with Crippen molar-refractivity contribution in [1.29, 1.82) is 0 Å². The van der Waals surface area contributed by atoms with Crippen LogP contribution in [0.1, 0.15) is 11.1 Å². The van der Waals surface area contributed by atoms with Gasteiger partial charge in [-0.2, -0.15) is 0 Å². The second-order valence-electron chi connectivity index (χ2n) is 4.73. The van der Waals surface area contributed by atoms with Gasteiger partial charge in [0.2, 0.25) is 5.88 Å². The highest BCUT2D eigenvalue weighted by Crippen LogP contribution is 2.38. The number of fused-ring (bicyclic) bond motifs is 5. The van der Waals surface area contributed by atoms with Crippen molar-refractivity contribution in [2.45, 2.75) is 12.8 Å². The van der Waals surface area contributed by atoms with Crippen molar-refractivity contribution in [1.82, 2.24) is 15.0 Å². The lowest BCUT2D eigenvalue weighted by Gasteiger charge is -2.17. The van der Waals surface area contributed by atoms with Gasteiger partial charge in [0.25, 0.3) is 0 Å². The van der Waals surface area contributed by atoms with Crippen LogP contribution in [0.15, 0.2) is 30.6 Å². The minimum Gasteiger partial charge on any atom is -0.481 e. The fourth-order valence-electron chi connectivity index (χ4n) is 2.92. The van der Waals surface area contributed by atoms with E-state index in [0.717, 1.165) is 35.3 Å². The van der Waals surface area contributed by atoms with Crippen LogP contribution < -0.4 is 4.74 Å². The SMILES string of the molecule is COc1ncnc2c1CCc1c-2[nH]c2ccccc12. The number of aryl methyl sites for hydroxylation is 1. The van der Waals surface area contributed by atoms with E-state index in [1.807, 2.05) is 6.07 Å². The summed E-state index contributed by atoms with van der Waals surface area (Å²) in [5.41, 5.74) is 5.71. The summed E-state index contributed by atoms with van der Waals surface area (Å²) in [6.07, 6.45) is 3.49. The molecule has 1 aliphatic carbocycles. The average molecular weight is 251 g/mol. The number of benzene rings is 1. The summed E-state index contributed by atoms with van der Waals surface area (Å²) in [7, 11) is 1.66.